The Hall–Kier alpha value is -2.89. The second kappa shape index (κ2) is 55.7. The molecule has 0 aromatic rings. The van der Waals surface area contributed by atoms with Crippen LogP contribution in [-0.2, 0) is 28.6 Å². The fourth-order valence-electron chi connectivity index (χ4n) is 8.19. The number of carbonyl (C=O) groups excluding carboxylic acids is 3. The summed E-state index contributed by atoms with van der Waals surface area (Å²) in [5.41, 5.74) is 0. The molecule has 6 nitrogen and oxygen atoms in total. The average molecular weight is 938 g/mol. The largest absolute Gasteiger partial charge is 0.462 e. The summed E-state index contributed by atoms with van der Waals surface area (Å²) >= 11 is 0. The summed E-state index contributed by atoms with van der Waals surface area (Å²) in [7, 11) is 0. The van der Waals surface area contributed by atoms with Crippen LogP contribution in [0.2, 0.25) is 0 Å². The van der Waals surface area contributed by atoms with Gasteiger partial charge in [0.2, 0.25) is 0 Å². The van der Waals surface area contributed by atoms with Gasteiger partial charge in [0.15, 0.2) is 6.10 Å². The predicted octanol–water partition coefficient (Wildman–Crippen LogP) is 19.2. The maximum absolute atomic E-state index is 12.8. The molecule has 0 fully saturated rings. The van der Waals surface area contributed by atoms with Crippen LogP contribution in [0.25, 0.3) is 0 Å². The average Bonchev–Trinajstić information content (AvgIpc) is 3.33. The van der Waals surface area contributed by atoms with Crippen LogP contribution < -0.4 is 0 Å². The number of rotatable bonds is 52. The summed E-state index contributed by atoms with van der Waals surface area (Å²) in [4.78, 5) is 38.1. The maximum atomic E-state index is 12.8. The molecule has 0 amide bonds. The van der Waals surface area contributed by atoms with Gasteiger partial charge >= 0.3 is 17.9 Å². The Morgan fingerprint density at radius 3 is 0.940 bits per heavy atom. The van der Waals surface area contributed by atoms with E-state index in [4.69, 9.17) is 14.2 Å². The molecule has 0 spiro atoms. The Kier molecular flexibility index (Phi) is 53.3. The van der Waals surface area contributed by atoms with Crippen molar-refractivity contribution in [2.24, 2.45) is 0 Å². The Labute approximate surface area is 415 Å². The lowest BCUT2D eigenvalue weighted by Crippen LogP contribution is -2.30. The smallest absolute Gasteiger partial charge is 0.306 e. The van der Waals surface area contributed by atoms with Crippen molar-refractivity contribution < 1.29 is 28.6 Å². The van der Waals surface area contributed by atoms with E-state index in [0.717, 1.165) is 116 Å². The minimum Gasteiger partial charge on any atom is -0.462 e. The zero-order valence-corrected chi connectivity index (χ0v) is 44.4. The van der Waals surface area contributed by atoms with Gasteiger partial charge in [0.25, 0.3) is 0 Å². The van der Waals surface area contributed by atoms with Crippen LogP contribution in [0.5, 0.6) is 0 Å². The molecule has 1 unspecified atom stereocenters. The van der Waals surface area contributed by atoms with E-state index in [2.05, 4.69) is 81.5 Å². The first-order valence-electron chi connectivity index (χ1n) is 28.8. The van der Waals surface area contributed by atoms with Gasteiger partial charge in [-0.25, -0.2) is 0 Å². The zero-order valence-electron chi connectivity index (χ0n) is 44.4. The number of ether oxygens (including phenoxy) is 3. The topological polar surface area (TPSA) is 78.9 Å². The normalized spacial score (nSPS) is 12.5. The van der Waals surface area contributed by atoms with Gasteiger partial charge in [-0.3, -0.25) is 14.4 Å². The fraction of sp³-hybridized carbons (Fsp3) is 0.787. The van der Waals surface area contributed by atoms with Crippen molar-refractivity contribution in [3.05, 3.63) is 60.8 Å². The van der Waals surface area contributed by atoms with Crippen LogP contribution in [0, 0.1) is 0 Å². The summed E-state index contributed by atoms with van der Waals surface area (Å²) in [5, 5.41) is 0. The summed E-state index contributed by atoms with van der Waals surface area (Å²) in [5.74, 6) is -0.903. The van der Waals surface area contributed by atoms with Crippen molar-refractivity contribution in [1.29, 1.82) is 0 Å². The third kappa shape index (κ3) is 53.9. The third-order valence-electron chi connectivity index (χ3n) is 12.5. The van der Waals surface area contributed by atoms with E-state index < -0.39 is 6.10 Å². The SMILES string of the molecule is CC/C=C\C/C=C\C/C=C\CCCCCCCC(=O)OC(COC(=O)CCCCCCC/C=C\C/C=C\CCCCC)COC(=O)CCCCCCCCCCCCCCCCCCCCC. The maximum Gasteiger partial charge on any atom is 0.306 e. The van der Waals surface area contributed by atoms with E-state index in [1.54, 1.807) is 0 Å². The van der Waals surface area contributed by atoms with Crippen molar-refractivity contribution >= 4 is 17.9 Å². The van der Waals surface area contributed by atoms with Gasteiger partial charge in [-0.05, 0) is 83.5 Å². The van der Waals surface area contributed by atoms with E-state index in [9.17, 15) is 14.4 Å². The van der Waals surface area contributed by atoms with E-state index in [1.165, 1.54) is 135 Å². The number of hydrogen-bond donors (Lipinski definition) is 0. The molecule has 0 bridgehead atoms. The van der Waals surface area contributed by atoms with E-state index >= 15 is 0 Å². The molecule has 0 rings (SSSR count). The van der Waals surface area contributed by atoms with E-state index in [-0.39, 0.29) is 31.1 Å². The van der Waals surface area contributed by atoms with Gasteiger partial charge in [0, 0.05) is 19.3 Å². The molecule has 0 radical (unpaired) electrons. The lowest BCUT2D eigenvalue weighted by atomic mass is 10.0. The minimum atomic E-state index is -0.787. The molecule has 0 saturated carbocycles. The van der Waals surface area contributed by atoms with Crippen LogP contribution in [0.3, 0.4) is 0 Å². The number of carbonyl (C=O) groups is 3. The molecule has 0 aromatic carbocycles. The number of allylic oxidation sites excluding steroid dienone is 10. The molecular formula is C61H108O6. The second-order valence-corrected chi connectivity index (χ2v) is 19.2. The molecule has 0 aliphatic heterocycles. The van der Waals surface area contributed by atoms with Crippen molar-refractivity contribution in [2.75, 3.05) is 13.2 Å². The van der Waals surface area contributed by atoms with Gasteiger partial charge in [0.1, 0.15) is 13.2 Å². The highest BCUT2D eigenvalue weighted by Gasteiger charge is 2.19. The second-order valence-electron chi connectivity index (χ2n) is 19.2. The summed E-state index contributed by atoms with van der Waals surface area (Å²) in [6, 6.07) is 0. The number of hydrogen-bond acceptors (Lipinski definition) is 6. The highest BCUT2D eigenvalue weighted by molar-refractivity contribution is 5.71. The molecule has 0 aliphatic rings. The molecule has 0 aliphatic carbocycles. The van der Waals surface area contributed by atoms with Crippen molar-refractivity contribution in [3.63, 3.8) is 0 Å². The number of esters is 3. The van der Waals surface area contributed by atoms with Crippen molar-refractivity contribution in [2.45, 2.75) is 297 Å². The minimum absolute atomic E-state index is 0.0834. The van der Waals surface area contributed by atoms with E-state index in [0.29, 0.717) is 19.3 Å². The molecule has 0 saturated heterocycles. The molecule has 0 heterocycles. The van der Waals surface area contributed by atoms with Gasteiger partial charge in [-0.15, -0.1) is 0 Å². The first kappa shape index (κ1) is 64.1. The summed E-state index contributed by atoms with van der Waals surface area (Å²) < 4.78 is 16.9. The fourth-order valence-corrected chi connectivity index (χ4v) is 8.19. The van der Waals surface area contributed by atoms with Crippen LogP contribution >= 0.6 is 0 Å². The van der Waals surface area contributed by atoms with Gasteiger partial charge in [0.05, 0.1) is 0 Å². The van der Waals surface area contributed by atoms with Crippen LogP contribution in [0.15, 0.2) is 60.8 Å². The van der Waals surface area contributed by atoms with Crippen molar-refractivity contribution in [1.82, 2.24) is 0 Å². The van der Waals surface area contributed by atoms with Crippen molar-refractivity contribution in [3.8, 4) is 0 Å². The molecular weight excluding hydrogens is 829 g/mol. The van der Waals surface area contributed by atoms with Gasteiger partial charge in [-0.1, -0.05) is 248 Å². The zero-order chi connectivity index (χ0) is 48.6. The standard InChI is InChI=1S/C61H108O6/c1-4-7-10-13-16-19-22-25-28-29-30-31-34-36-39-42-45-48-51-54-60(63)66-57-58(67-61(64)55-52-49-46-43-40-37-33-27-24-21-18-15-12-9-6-3)56-65-59(62)53-50-47-44-41-38-35-32-26-23-20-17-14-11-8-5-2/h9,12,17-18,20-21,26-27,32-33,58H,4-8,10-11,13-16,19,22-25,28-31,34-57H2,1-3H3/b12-9-,20-17-,21-18-,32-26-,33-27-. The Morgan fingerprint density at radius 1 is 0.313 bits per heavy atom. The van der Waals surface area contributed by atoms with Crippen LogP contribution in [0.4, 0.5) is 0 Å². The van der Waals surface area contributed by atoms with Gasteiger partial charge < -0.3 is 14.2 Å². The molecule has 1 atom stereocenters. The summed E-state index contributed by atoms with van der Waals surface area (Å²) in [6.07, 6.45) is 69.2. The molecule has 0 N–H and O–H groups in total. The van der Waals surface area contributed by atoms with Crippen LogP contribution in [0.1, 0.15) is 290 Å². The Balaban J connectivity index is 4.37. The highest BCUT2D eigenvalue weighted by Crippen LogP contribution is 2.16. The molecule has 6 heteroatoms. The van der Waals surface area contributed by atoms with Gasteiger partial charge in [-0.2, -0.15) is 0 Å². The first-order chi connectivity index (χ1) is 33.0. The lowest BCUT2D eigenvalue weighted by Gasteiger charge is -2.18. The first-order valence-corrected chi connectivity index (χ1v) is 28.8. The quantitative estimate of drug-likeness (QED) is 0.0262. The summed E-state index contributed by atoms with van der Waals surface area (Å²) in [6.45, 7) is 6.51. The number of unbranched alkanes of at least 4 members (excludes halogenated alkanes) is 31. The van der Waals surface area contributed by atoms with Crippen LogP contribution in [-0.4, -0.2) is 37.2 Å². The Bertz CT molecular complexity index is 1210. The molecule has 67 heavy (non-hydrogen) atoms. The monoisotopic (exact) mass is 937 g/mol. The van der Waals surface area contributed by atoms with E-state index in [1.807, 2.05) is 0 Å². The Morgan fingerprint density at radius 2 is 0.582 bits per heavy atom. The lowest BCUT2D eigenvalue weighted by molar-refractivity contribution is -0.167. The third-order valence-corrected chi connectivity index (χ3v) is 12.5. The predicted molar refractivity (Wildman–Crippen MR) is 288 cm³/mol. The molecule has 0 aromatic heterocycles. The highest BCUT2D eigenvalue weighted by atomic mass is 16.6. The molecule has 388 valence electrons.